The van der Waals surface area contributed by atoms with Gasteiger partial charge < -0.3 is 0 Å². The number of benzene rings is 1. The van der Waals surface area contributed by atoms with Crippen LogP contribution in [0.4, 0.5) is 11.4 Å². The quantitative estimate of drug-likeness (QED) is 0.627. The number of hydrogen-bond donors (Lipinski definition) is 0. The molecule has 0 atom stereocenters. The maximum Gasteiger partial charge on any atom is 0.0730 e. The van der Waals surface area contributed by atoms with Crippen LogP contribution >= 0.6 is 0 Å². The van der Waals surface area contributed by atoms with E-state index in [1.165, 1.54) is 11.1 Å². The summed E-state index contributed by atoms with van der Waals surface area (Å²) in [6.45, 7) is 8.81. The Morgan fingerprint density at radius 3 is 2.31 bits per heavy atom. The summed E-state index contributed by atoms with van der Waals surface area (Å²) >= 11 is 0. The van der Waals surface area contributed by atoms with E-state index in [-0.39, 0.29) is 10.8 Å². The SMILES string of the molecule is CC1(C)C=Nc2c1ccc1c2C(C)(C)C=N1. The van der Waals surface area contributed by atoms with Crippen LogP contribution in [0.25, 0.3) is 0 Å². The first kappa shape index (κ1) is 9.76. The maximum atomic E-state index is 4.61. The van der Waals surface area contributed by atoms with Gasteiger partial charge in [-0.1, -0.05) is 33.8 Å². The summed E-state index contributed by atoms with van der Waals surface area (Å²) in [6, 6.07) is 4.29. The van der Waals surface area contributed by atoms with Gasteiger partial charge in [-0.05, 0) is 11.6 Å². The van der Waals surface area contributed by atoms with E-state index in [4.69, 9.17) is 0 Å². The van der Waals surface area contributed by atoms with Crippen LogP contribution in [-0.4, -0.2) is 12.4 Å². The molecule has 0 radical (unpaired) electrons. The van der Waals surface area contributed by atoms with Gasteiger partial charge in [0.25, 0.3) is 0 Å². The Labute approximate surface area is 96.1 Å². The molecule has 2 heterocycles. The van der Waals surface area contributed by atoms with Crippen molar-refractivity contribution in [3.05, 3.63) is 23.3 Å². The highest BCUT2D eigenvalue weighted by Crippen LogP contribution is 2.49. The predicted molar refractivity (Wildman–Crippen MR) is 68.8 cm³/mol. The number of rotatable bonds is 0. The van der Waals surface area contributed by atoms with Crippen molar-refractivity contribution in [2.45, 2.75) is 38.5 Å². The van der Waals surface area contributed by atoms with E-state index in [0.29, 0.717) is 0 Å². The van der Waals surface area contributed by atoms with Gasteiger partial charge in [0.2, 0.25) is 0 Å². The first-order valence-corrected chi connectivity index (χ1v) is 5.70. The molecule has 0 saturated carbocycles. The van der Waals surface area contributed by atoms with Crippen molar-refractivity contribution in [2.75, 3.05) is 0 Å². The Hall–Kier alpha value is -1.44. The number of fused-ring (bicyclic) bond motifs is 3. The molecule has 0 N–H and O–H groups in total. The Morgan fingerprint density at radius 1 is 0.875 bits per heavy atom. The largest absolute Gasteiger partial charge is 0.260 e. The molecule has 0 aliphatic carbocycles. The smallest absolute Gasteiger partial charge is 0.0730 e. The lowest BCUT2D eigenvalue weighted by molar-refractivity contribution is 0.735. The van der Waals surface area contributed by atoms with Crippen molar-refractivity contribution >= 4 is 23.8 Å². The van der Waals surface area contributed by atoms with E-state index < -0.39 is 0 Å². The summed E-state index contributed by atoms with van der Waals surface area (Å²) < 4.78 is 0. The van der Waals surface area contributed by atoms with Gasteiger partial charge in [-0.25, -0.2) is 0 Å². The molecule has 2 aliphatic rings. The van der Waals surface area contributed by atoms with Gasteiger partial charge in [0, 0.05) is 28.8 Å². The van der Waals surface area contributed by atoms with Crippen LogP contribution in [0.1, 0.15) is 38.8 Å². The third kappa shape index (κ3) is 1.07. The van der Waals surface area contributed by atoms with Crippen molar-refractivity contribution in [1.82, 2.24) is 0 Å². The maximum absolute atomic E-state index is 4.61. The van der Waals surface area contributed by atoms with Crippen molar-refractivity contribution in [3.8, 4) is 0 Å². The third-order valence-corrected chi connectivity index (χ3v) is 3.54. The van der Waals surface area contributed by atoms with Crippen LogP contribution in [0.15, 0.2) is 22.1 Å². The second-order valence-electron chi connectivity index (χ2n) is 5.82. The van der Waals surface area contributed by atoms with Crippen molar-refractivity contribution in [2.24, 2.45) is 9.98 Å². The molecule has 0 spiro atoms. The summed E-state index contributed by atoms with van der Waals surface area (Å²) in [5.41, 5.74) is 4.90. The first-order valence-electron chi connectivity index (χ1n) is 5.70. The molecule has 3 rings (SSSR count). The van der Waals surface area contributed by atoms with Gasteiger partial charge in [0.1, 0.15) is 0 Å². The summed E-state index contributed by atoms with van der Waals surface area (Å²) in [6.07, 6.45) is 4.07. The minimum Gasteiger partial charge on any atom is -0.260 e. The summed E-state index contributed by atoms with van der Waals surface area (Å²) in [5.74, 6) is 0. The highest BCUT2D eigenvalue weighted by molar-refractivity contribution is 5.94. The number of aliphatic imine (C=N–C) groups is 2. The zero-order valence-corrected chi connectivity index (χ0v) is 10.2. The van der Waals surface area contributed by atoms with E-state index in [2.05, 4.69) is 49.8 Å². The molecule has 1 aromatic carbocycles. The molecular weight excluding hydrogens is 196 g/mol. The van der Waals surface area contributed by atoms with Gasteiger partial charge in [0.15, 0.2) is 0 Å². The highest BCUT2D eigenvalue weighted by Gasteiger charge is 2.36. The van der Waals surface area contributed by atoms with E-state index >= 15 is 0 Å². The fraction of sp³-hybridized carbons (Fsp3) is 0.429. The fourth-order valence-electron chi connectivity index (χ4n) is 2.57. The molecule has 0 saturated heterocycles. The van der Waals surface area contributed by atoms with Gasteiger partial charge in [-0.3, -0.25) is 9.98 Å². The lowest BCUT2D eigenvalue weighted by atomic mass is 9.80. The summed E-state index contributed by atoms with van der Waals surface area (Å²) in [5, 5.41) is 0. The van der Waals surface area contributed by atoms with Crippen molar-refractivity contribution < 1.29 is 0 Å². The minimum atomic E-state index is 0.0123. The van der Waals surface area contributed by atoms with E-state index in [0.717, 1.165) is 11.4 Å². The fourth-order valence-corrected chi connectivity index (χ4v) is 2.57. The van der Waals surface area contributed by atoms with Crippen LogP contribution in [0.5, 0.6) is 0 Å². The summed E-state index contributed by atoms with van der Waals surface area (Å²) in [4.78, 5) is 9.09. The normalized spacial score (nSPS) is 22.2. The zero-order valence-electron chi connectivity index (χ0n) is 10.2. The number of nitrogens with zero attached hydrogens (tertiary/aromatic N) is 2. The Morgan fingerprint density at radius 2 is 1.56 bits per heavy atom. The summed E-state index contributed by atoms with van der Waals surface area (Å²) in [7, 11) is 0. The van der Waals surface area contributed by atoms with Gasteiger partial charge in [-0.15, -0.1) is 0 Å². The topological polar surface area (TPSA) is 24.7 Å². The second kappa shape index (κ2) is 2.62. The van der Waals surface area contributed by atoms with Gasteiger partial charge in [-0.2, -0.15) is 0 Å². The van der Waals surface area contributed by atoms with E-state index in [1.54, 1.807) is 0 Å². The minimum absolute atomic E-state index is 0.0123. The van der Waals surface area contributed by atoms with Gasteiger partial charge >= 0.3 is 0 Å². The monoisotopic (exact) mass is 212 g/mol. The van der Waals surface area contributed by atoms with Gasteiger partial charge in [0.05, 0.1) is 11.4 Å². The van der Waals surface area contributed by atoms with E-state index in [9.17, 15) is 0 Å². The molecule has 2 aliphatic heterocycles. The molecule has 0 aromatic heterocycles. The lowest BCUT2D eigenvalue weighted by Crippen LogP contribution is -2.17. The van der Waals surface area contributed by atoms with E-state index in [1.807, 2.05) is 12.4 Å². The molecule has 82 valence electrons. The van der Waals surface area contributed by atoms with Crippen molar-refractivity contribution in [3.63, 3.8) is 0 Å². The molecule has 0 bridgehead atoms. The van der Waals surface area contributed by atoms with Crippen molar-refractivity contribution in [1.29, 1.82) is 0 Å². The third-order valence-electron chi connectivity index (χ3n) is 3.54. The molecular formula is C14H16N2. The Balaban J connectivity index is 2.32. The molecule has 0 fully saturated rings. The first-order chi connectivity index (χ1) is 7.42. The van der Waals surface area contributed by atoms with Crippen LogP contribution in [0, 0.1) is 0 Å². The predicted octanol–water partition coefficient (Wildman–Crippen LogP) is 3.67. The lowest BCUT2D eigenvalue weighted by Gasteiger charge is -2.21. The average molecular weight is 212 g/mol. The molecule has 0 amide bonds. The van der Waals surface area contributed by atoms with Crippen LogP contribution in [0.3, 0.4) is 0 Å². The molecule has 16 heavy (non-hydrogen) atoms. The van der Waals surface area contributed by atoms with Crippen LogP contribution < -0.4 is 0 Å². The standard InChI is InChI=1S/C14H16N2/c1-13(2)7-16-12-9(13)5-6-10-11(12)14(3,4)8-15-10/h5-8H,1-4H3. The zero-order chi connectivity index (χ0) is 11.6. The Bertz CT molecular complexity index is 534. The average Bonchev–Trinajstić information content (AvgIpc) is 2.66. The molecule has 2 nitrogen and oxygen atoms in total. The second-order valence-corrected chi connectivity index (χ2v) is 5.82. The molecule has 2 heteroatoms. The Kier molecular flexibility index (Phi) is 1.60. The number of hydrogen-bond acceptors (Lipinski definition) is 2. The highest BCUT2D eigenvalue weighted by atomic mass is 14.8. The van der Waals surface area contributed by atoms with Crippen LogP contribution in [-0.2, 0) is 10.8 Å². The van der Waals surface area contributed by atoms with Crippen LogP contribution in [0.2, 0.25) is 0 Å². The molecule has 0 unspecified atom stereocenters. The molecule has 1 aromatic rings.